The Bertz CT molecular complexity index is 1290. The van der Waals surface area contributed by atoms with Gasteiger partial charge >= 0.3 is 0 Å². The fourth-order valence-electron chi connectivity index (χ4n) is 2.98. The van der Waals surface area contributed by atoms with Gasteiger partial charge in [0, 0.05) is 30.1 Å². The summed E-state index contributed by atoms with van der Waals surface area (Å²) in [5, 5.41) is 6.91. The van der Waals surface area contributed by atoms with Gasteiger partial charge in [-0.25, -0.2) is 8.42 Å². The Hall–Kier alpha value is -3.14. The van der Waals surface area contributed by atoms with E-state index in [4.69, 9.17) is 14.2 Å². The Balaban J connectivity index is 1.81. The largest absolute Gasteiger partial charge is 0.467 e. The summed E-state index contributed by atoms with van der Waals surface area (Å²) < 4.78 is 53.2. The molecule has 0 aliphatic rings. The van der Waals surface area contributed by atoms with Crippen LogP contribution in [0.4, 0.5) is 5.82 Å². The van der Waals surface area contributed by atoms with E-state index in [2.05, 4.69) is 10.4 Å². The van der Waals surface area contributed by atoms with Crippen molar-refractivity contribution in [3.63, 3.8) is 0 Å². The summed E-state index contributed by atoms with van der Waals surface area (Å²) in [4.78, 5) is 13.1. The first kappa shape index (κ1) is 26.5. The minimum atomic E-state index is -3.33. The maximum absolute atomic E-state index is 12.9. The van der Waals surface area contributed by atoms with E-state index in [1.165, 1.54) is 35.0 Å². The first-order valence-corrected chi connectivity index (χ1v) is 14.8. The second kappa shape index (κ2) is 12.0. The van der Waals surface area contributed by atoms with Gasteiger partial charge in [0.2, 0.25) is 0 Å². The maximum atomic E-state index is 12.9. The van der Waals surface area contributed by atoms with Crippen LogP contribution in [0.15, 0.2) is 59.6 Å². The molecular weight excluding hydrogens is 493 g/mol. The van der Waals surface area contributed by atoms with Crippen LogP contribution in [-0.2, 0) is 25.4 Å². The van der Waals surface area contributed by atoms with Crippen LogP contribution in [0.2, 0.25) is 0 Å². The van der Waals surface area contributed by atoms with Crippen molar-refractivity contribution in [3.05, 3.63) is 60.3 Å². The summed E-state index contributed by atoms with van der Waals surface area (Å²) in [5.41, 5.74) is 0.249. The van der Waals surface area contributed by atoms with Crippen molar-refractivity contribution in [2.45, 2.75) is 24.5 Å². The highest BCUT2D eigenvalue weighted by atomic mass is 32.2. The van der Waals surface area contributed by atoms with Crippen molar-refractivity contribution >= 4 is 29.4 Å². The van der Waals surface area contributed by atoms with Crippen LogP contribution < -0.4 is 14.8 Å². The number of hydrogen-bond acceptors (Lipinski definition) is 8. The van der Waals surface area contributed by atoms with Gasteiger partial charge in [-0.2, -0.15) is 5.10 Å². The Morgan fingerprint density at radius 2 is 1.80 bits per heavy atom. The number of sulfone groups is 1. The number of carbonyl (C=O) groups is 1. The molecule has 188 valence electrons. The number of carbonyl (C=O) groups excluding carboxylic acids is 1. The zero-order chi connectivity index (χ0) is 25.4. The number of amides is 1. The van der Waals surface area contributed by atoms with Crippen molar-refractivity contribution in [2.75, 3.05) is 31.6 Å². The molecular formula is C23H28N3O7PS. The highest BCUT2D eigenvalue weighted by molar-refractivity contribution is 7.90. The predicted molar refractivity (Wildman–Crippen MR) is 133 cm³/mol. The maximum Gasteiger partial charge on any atom is 0.257 e. The molecule has 1 amide bonds. The number of aromatic nitrogens is 2. The van der Waals surface area contributed by atoms with Gasteiger partial charge in [0.1, 0.15) is 17.2 Å². The molecule has 2 aromatic carbocycles. The number of anilines is 1. The summed E-state index contributed by atoms with van der Waals surface area (Å²) in [6.07, 6.45) is 3.89. The number of rotatable bonds is 12. The molecule has 1 unspecified atom stereocenters. The third kappa shape index (κ3) is 8.24. The summed E-state index contributed by atoms with van der Waals surface area (Å²) in [5.74, 6) is 0.917. The number of benzene rings is 2. The van der Waals surface area contributed by atoms with Crippen molar-refractivity contribution in [2.24, 2.45) is 0 Å². The summed E-state index contributed by atoms with van der Waals surface area (Å²) in [6.45, 7) is 4.15. The van der Waals surface area contributed by atoms with E-state index in [-0.39, 0.29) is 23.5 Å². The van der Waals surface area contributed by atoms with Crippen LogP contribution in [0, 0.1) is 0 Å². The monoisotopic (exact) mass is 521 g/mol. The topological polar surface area (TPSA) is 126 Å². The molecule has 3 aromatic rings. The first-order chi connectivity index (χ1) is 16.6. The Morgan fingerprint density at radius 3 is 2.46 bits per heavy atom. The van der Waals surface area contributed by atoms with Crippen molar-refractivity contribution in [1.29, 1.82) is 0 Å². The van der Waals surface area contributed by atoms with E-state index in [0.29, 0.717) is 29.7 Å². The summed E-state index contributed by atoms with van der Waals surface area (Å²) in [7, 11) is -5.09. The average Bonchev–Trinajstić information content (AvgIpc) is 3.22. The number of nitrogens with zero attached hydrogens (tertiary/aromatic N) is 2. The van der Waals surface area contributed by atoms with Crippen LogP contribution in [0.5, 0.6) is 17.2 Å². The zero-order valence-corrected chi connectivity index (χ0v) is 21.5. The quantitative estimate of drug-likeness (QED) is 0.213. The fraction of sp³-hybridized carbons (Fsp3) is 0.304. The summed E-state index contributed by atoms with van der Waals surface area (Å²) >= 11 is 0. The lowest BCUT2D eigenvalue weighted by atomic mass is 10.2. The molecule has 0 radical (unpaired) electrons. The molecule has 0 saturated heterocycles. The summed E-state index contributed by atoms with van der Waals surface area (Å²) in [6, 6.07) is 12.2. The number of hydrogen-bond donors (Lipinski definition) is 1. The Morgan fingerprint density at radius 1 is 1.09 bits per heavy atom. The molecule has 12 heteroatoms. The van der Waals surface area contributed by atoms with Crippen LogP contribution in [0.1, 0.15) is 23.7 Å². The lowest BCUT2D eigenvalue weighted by Crippen LogP contribution is -2.13. The van der Waals surface area contributed by atoms with Gasteiger partial charge in [0.25, 0.3) is 5.91 Å². The SMILES string of the molecule is CCCOCOc1cc(Oc2ccc(S(C)(=O)=O)cc2)cc(C(=O)Nc2ccn(C[PH](C)=O)n2)c1. The molecule has 1 heterocycles. The van der Waals surface area contributed by atoms with Crippen LogP contribution in [0.25, 0.3) is 0 Å². The third-order valence-corrected chi connectivity index (χ3v) is 6.45. The van der Waals surface area contributed by atoms with Gasteiger partial charge in [-0.1, -0.05) is 6.92 Å². The fourth-order valence-corrected chi connectivity index (χ4v) is 4.24. The molecule has 0 spiro atoms. The molecule has 35 heavy (non-hydrogen) atoms. The molecule has 0 fully saturated rings. The number of ether oxygens (including phenoxy) is 3. The highest BCUT2D eigenvalue weighted by Gasteiger charge is 2.14. The second-order valence-corrected chi connectivity index (χ2v) is 11.5. The van der Waals surface area contributed by atoms with Gasteiger partial charge in [0.05, 0.1) is 25.6 Å². The molecule has 0 aliphatic heterocycles. The lowest BCUT2D eigenvalue weighted by molar-refractivity contribution is 0.0155. The molecule has 1 N–H and O–H groups in total. The van der Waals surface area contributed by atoms with E-state index in [1.54, 1.807) is 31.1 Å². The predicted octanol–water partition coefficient (Wildman–Crippen LogP) is 4.24. The van der Waals surface area contributed by atoms with Crippen molar-refractivity contribution < 1.29 is 32.0 Å². The van der Waals surface area contributed by atoms with Gasteiger partial charge in [0.15, 0.2) is 22.4 Å². The van der Waals surface area contributed by atoms with E-state index < -0.39 is 23.5 Å². The average molecular weight is 522 g/mol. The molecule has 1 aromatic heterocycles. The Labute approximate surface area is 204 Å². The normalized spacial score (nSPS) is 12.2. The standard InChI is InChI=1S/C23H28N3O7PS/c1-4-11-31-16-32-19-12-17(23(27)24-22-9-10-26(25-22)15-34(2)28)13-20(14-19)33-18-5-7-21(8-6-18)35(3,29)30/h5-10,12-14,34H,4,11,15-16H2,1-3H3,(H,24,25,27). The molecule has 1 atom stereocenters. The van der Waals surface area contributed by atoms with E-state index >= 15 is 0 Å². The first-order valence-electron chi connectivity index (χ1n) is 10.8. The van der Waals surface area contributed by atoms with E-state index in [1.807, 2.05) is 6.92 Å². The minimum absolute atomic E-state index is 0.00203. The van der Waals surface area contributed by atoms with E-state index in [0.717, 1.165) is 12.7 Å². The second-order valence-electron chi connectivity index (χ2n) is 7.76. The molecule has 0 bridgehead atoms. The molecule has 0 aliphatic carbocycles. The van der Waals surface area contributed by atoms with Crippen molar-refractivity contribution in [1.82, 2.24) is 9.78 Å². The van der Waals surface area contributed by atoms with Gasteiger partial charge < -0.3 is 24.1 Å². The van der Waals surface area contributed by atoms with Crippen LogP contribution in [-0.4, -0.2) is 50.4 Å². The van der Waals surface area contributed by atoms with Crippen LogP contribution >= 0.6 is 7.80 Å². The van der Waals surface area contributed by atoms with Crippen molar-refractivity contribution in [3.8, 4) is 17.2 Å². The van der Waals surface area contributed by atoms with Gasteiger partial charge in [-0.15, -0.1) is 0 Å². The molecule has 0 saturated carbocycles. The molecule has 3 rings (SSSR count). The van der Waals surface area contributed by atoms with Gasteiger partial charge in [-0.05, 0) is 49.5 Å². The number of nitrogens with one attached hydrogen (secondary N) is 1. The molecule has 10 nitrogen and oxygen atoms in total. The van der Waals surface area contributed by atoms with Gasteiger partial charge in [-0.3, -0.25) is 9.48 Å². The zero-order valence-electron chi connectivity index (χ0n) is 19.7. The third-order valence-electron chi connectivity index (χ3n) is 4.55. The smallest absolute Gasteiger partial charge is 0.257 e. The lowest BCUT2D eigenvalue weighted by Gasteiger charge is -2.12. The van der Waals surface area contributed by atoms with Crippen LogP contribution in [0.3, 0.4) is 0 Å². The minimum Gasteiger partial charge on any atom is -0.467 e. The Kier molecular flexibility index (Phi) is 9.08. The highest BCUT2D eigenvalue weighted by Crippen LogP contribution is 2.29. The van der Waals surface area contributed by atoms with E-state index in [9.17, 15) is 17.8 Å².